The fraction of sp³-hybridized carbons (Fsp3) is 0.391. The predicted octanol–water partition coefficient (Wildman–Crippen LogP) is 2.35. The first-order valence-electron chi connectivity index (χ1n) is 10.4. The van der Waals surface area contributed by atoms with E-state index in [-0.39, 0.29) is 17.9 Å². The van der Waals surface area contributed by atoms with Gasteiger partial charge in [-0.3, -0.25) is 4.79 Å². The number of carbonyl (C=O) groups is 1. The number of ether oxygens (including phenoxy) is 1. The van der Waals surface area contributed by atoms with Gasteiger partial charge in [-0.2, -0.15) is 5.10 Å². The number of anilines is 2. The SMILES string of the molecule is C=C/C=C(\C=C/C(C)N1N=C2c3cc(N4CCNCC4)ccc3NCC2C1=O)OC. The number of allylic oxidation sites excluding steroid dienone is 3. The highest BCUT2D eigenvalue weighted by atomic mass is 16.5. The van der Waals surface area contributed by atoms with Crippen molar-refractivity contribution in [2.45, 2.75) is 13.0 Å². The summed E-state index contributed by atoms with van der Waals surface area (Å²) in [7, 11) is 1.61. The van der Waals surface area contributed by atoms with Crippen LogP contribution in [0.15, 0.2) is 59.9 Å². The third-order valence-corrected chi connectivity index (χ3v) is 5.77. The maximum absolute atomic E-state index is 13.1. The van der Waals surface area contributed by atoms with Gasteiger partial charge < -0.3 is 20.3 Å². The van der Waals surface area contributed by atoms with Gasteiger partial charge in [0.25, 0.3) is 5.91 Å². The lowest BCUT2D eigenvalue weighted by Gasteiger charge is -2.31. The zero-order valence-corrected chi connectivity index (χ0v) is 17.6. The van der Waals surface area contributed by atoms with Crippen LogP contribution in [0.3, 0.4) is 0 Å². The summed E-state index contributed by atoms with van der Waals surface area (Å²) in [6.07, 6.45) is 7.21. The molecule has 1 fully saturated rings. The van der Waals surface area contributed by atoms with Gasteiger partial charge in [0.15, 0.2) is 0 Å². The van der Waals surface area contributed by atoms with E-state index in [1.807, 2.05) is 19.1 Å². The lowest BCUT2D eigenvalue weighted by Crippen LogP contribution is -2.43. The van der Waals surface area contributed by atoms with Crippen molar-refractivity contribution in [1.29, 1.82) is 0 Å². The van der Waals surface area contributed by atoms with E-state index in [9.17, 15) is 4.79 Å². The lowest BCUT2D eigenvalue weighted by molar-refractivity contribution is -0.132. The number of benzene rings is 1. The van der Waals surface area contributed by atoms with Crippen molar-refractivity contribution >= 4 is 23.0 Å². The van der Waals surface area contributed by atoms with Crippen LogP contribution in [0.1, 0.15) is 12.5 Å². The molecule has 2 unspecified atom stereocenters. The third-order valence-electron chi connectivity index (χ3n) is 5.77. The minimum Gasteiger partial charge on any atom is -0.497 e. The van der Waals surface area contributed by atoms with Crippen molar-refractivity contribution in [2.24, 2.45) is 11.0 Å². The third kappa shape index (κ3) is 3.85. The van der Waals surface area contributed by atoms with Crippen LogP contribution in [0.5, 0.6) is 0 Å². The molecule has 7 nitrogen and oxygen atoms in total. The molecule has 1 saturated heterocycles. The maximum Gasteiger partial charge on any atom is 0.254 e. The highest BCUT2D eigenvalue weighted by Gasteiger charge is 2.41. The summed E-state index contributed by atoms with van der Waals surface area (Å²) in [6.45, 7) is 10.2. The van der Waals surface area contributed by atoms with Gasteiger partial charge in [0.05, 0.1) is 18.9 Å². The van der Waals surface area contributed by atoms with Crippen molar-refractivity contribution in [3.8, 4) is 0 Å². The van der Waals surface area contributed by atoms with Gasteiger partial charge in [0.1, 0.15) is 11.7 Å². The Morgan fingerprint density at radius 2 is 2.17 bits per heavy atom. The van der Waals surface area contributed by atoms with Crippen molar-refractivity contribution in [1.82, 2.24) is 10.3 Å². The van der Waals surface area contributed by atoms with E-state index in [1.165, 1.54) is 5.69 Å². The number of rotatable bonds is 6. The van der Waals surface area contributed by atoms with E-state index < -0.39 is 0 Å². The molecule has 1 aromatic carbocycles. The number of piperazine rings is 1. The second-order valence-electron chi connectivity index (χ2n) is 7.68. The molecule has 0 aliphatic carbocycles. The molecular formula is C23H29N5O2. The number of hydrazone groups is 1. The average molecular weight is 408 g/mol. The Bertz CT molecular complexity index is 914. The van der Waals surface area contributed by atoms with Gasteiger partial charge in [0.2, 0.25) is 0 Å². The molecule has 2 N–H and O–H groups in total. The first kappa shape index (κ1) is 20.2. The van der Waals surface area contributed by atoms with Crippen LogP contribution >= 0.6 is 0 Å². The van der Waals surface area contributed by atoms with Crippen LogP contribution < -0.4 is 15.5 Å². The molecule has 3 aliphatic heterocycles. The minimum atomic E-state index is -0.253. The molecular weight excluding hydrogens is 378 g/mol. The van der Waals surface area contributed by atoms with E-state index in [0.29, 0.717) is 12.3 Å². The Morgan fingerprint density at radius 1 is 1.37 bits per heavy atom. The standard InChI is InChI=1S/C23H29N5O2/c1-4-5-18(30-3)8-6-16(2)28-23(29)20-15-25-21-9-7-17(14-19(21)22(20)26-28)27-12-10-24-11-13-27/h4-9,14,16,20,24-25H,1,10-13,15H2,2-3H3/b8-6-,18-5+. The van der Waals surface area contributed by atoms with Crippen LogP contribution in [0, 0.1) is 5.92 Å². The highest BCUT2D eigenvalue weighted by molar-refractivity contribution is 6.20. The molecule has 7 heteroatoms. The fourth-order valence-corrected chi connectivity index (χ4v) is 4.08. The van der Waals surface area contributed by atoms with E-state index in [2.05, 4.69) is 40.3 Å². The smallest absolute Gasteiger partial charge is 0.254 e. The van der Waals surface area contributed by atoms with Crippen LogP contribution in [-0.4, -0.2) is 62.5 Å². The maximum atomic E-state index is 13.1. The molecule has 0 radical (unpaired) electrons. The van der Waals surface area contributed by atoms with Crippen molar-refractivity contribution < 1.29 is 9.53 Å². The molecule has 0 saturated carbocycles. The Morgan fingerprint density at radius 3 is 2.90 bits per heavy atom. The van der Waals surface area contributed by atoms with Gasteiger partial charge in [-0.1, -0.05) is 18.7 Å². The molecule has 2 atom stereocenters. The van der Waals surface area contributed by atoms with E-state index in [4.69, 9.17) is 9.84 Å². The molecule has 158 valence electrons. The molecule has 3 heterocycles. The summed E-state index contributed by atoms with van der Waals surface area (Å²) in [5, 5.41) is 13.2. The molecule has 1 aromatic rings. The number of nitrogens with one attached hydrogen (secondary N) is 2. The summed E-state index contributed by atoms with van der Waals surface area (Å²) < 4.78 is 5.29. The van der Waals surface area contributed by atoms with E-state index in [0.717, 1.165) is 43.1 Å². The molecule has 0 spiro atoms. The zero-order chi connectivity index (χ0) is 21.1. The molecule has 3 aliphatic rings. The second-order valence-corrected chi connectivity index (χ2v) is 7.68. The van der Waals surface area contributed by atoms with Gasteiger partial charge in [-0.05, 0) is 37.3 Å². The predicted molar refractivity (Wildman–Crippen MR) is 121 cm³/mol. The molecule has 4 rings (SSSR count). The Labute approximate surface area is 177 Å². The first-order chi connectivity index (χ1) is 14.6. The fourth-order valence-electron chi connectivity index (χ4n) is 4.08. The Hall–Kier alpha value is -3.06. The topological polar surface area (TPSA) is 69.2 Å². The Balaban J connectivity index is 1.60. The molecule has 0 aromatic heterocycles. The molecule has 0 bridgehead atoms. The van der Waals surface area contributed by atoms with E-state index >= 15 is 0 Å². The van der Waals surface area contributed by atoms with Crippen LogP contribution in [0.2, 0.25) is 0 Å². The monoisotopic (exact) mass is 407 g/mol. The number of amides is 1. The molecule has 1 amide bonds. The van der Waals surface area contributed by atoms with Gasteiger partial charge >= 0.3 is 0 Å². The van der Waals surface area contributed by atoms with Gasteiger partial charge in [-0.25, -0.2) is 5.01 Å². The summed E-state index contributed by atoms with van der Waals surface area (Å²) in [4.78, 5) is 15.4. The zero-order valence-electron chi connectivity index (χ0n) is 17.6. The van der Waals surface area contributed by atoms with E-state index in [1.54, 1.807) is 24.3 Å². The summed E-state index contributed by atoms with van der Waals surface area (Å²) in [6, 6.07) is 6.24. The largest absolute Gasteiger partial charge is 0.497 e. The second kappa shape index (κ2) is 8.75. The molecule has 30 heavy (non-hydrogen) atoms. The number of carbonyl (C=O) groups excluding carboxylic acids is 1. The number of hydrogen-bond donors (Lipinski definition) is 2. The van der Waals surface area contributed by atoms with Crippen molar-refractivity contribution in [2.75, 3.05) is 50.1 Å². The minimum absolute atomic E-state index is 0.0274. The number of fused-ring (bicyclic) bond motifs is 3. The Kier molecular flexibility index (Phi) is 5.90. The van der Waals surface area contributed by atoms with Crippen molar-refractivity contribution in [3.05, 3.63) is 60.4 Å². The van der Waals surface area contributed by atoms with Crippen LogP contribution in [0.4, 0.5) is 11.4 Å². The number of hydrogen-bond acceptors (Lipinski definition) is 6. The quantitative estimate of drug-likeness (QED) is 0.560. The number of nitrogens with zero attached hydrogens (tertiary/aromatic N) is 3. The summed E-state index contributed by atoms with van der Waals surface area (Å²) in [5.41, 5.74) is 4.11. The summed E-state index contributed by atoms with van der Waals surface area (Å²) >= 11 is 0. The van der Waals surface area contributed by atoms with Crippen LogP contribution in [0.25, 0.3) is 0 Å². The normalized spacial score (nSPS) is 22.3. The van der Waals surface area contributed by atoms with Crippen LogP contribution in [-0.2, 0) is 9.53 Å². The number of methoxy groups -OCH3 is 1. The van der Waals surface area contributed by atoms with Crippen molar-refractivity contribution in [3.63, 3.8) is 0 Å². The van der Waals surface area contributed by atoms with Gasteiger partial charge in [0, 0.05) is 49.7 Å². The highest BCUT2D eigenvalue weighted by Crippen LogP contribution is 2.34. The first-order valence-corrected chi connectivity index (χ1v) is 10.4. The van der Waals surface area contributed by atoms with Gasteiger partial charge in [-0.15, -0.1) is 0 Å². The average Bonchev–Trinajstić information content (AvgIpc) is 3.13. The lowest BCUT2D eigenvalue weighted by atomic mass is 9.91. The summed E-state index contributed by atoms with van der Waals surface area (Å²) in [5.74, 6) is 0.456.